The number of carbonyl (C=O) groups excluding carboxylic acids is 1. The normalized spacial score (nSPS) is 17.1. The van der Waals surface area contributed by atoms with E-state index in [0.717, 1.165) is 5.56 Å². The Morgan fingerprint density at radius 1 is 1.31 bits per heavy atom. The highest BCUT2D eigenvalue weighted by Gasteiger charge is 2.33. The van der Waals surface area contributed by atoms with Crippen molar-refractivity contribution in [2.75, 3.05) is 14.1 Å². The second-order valence-electron chi connectivity index (χ2n) is 7.08. The molecular formula is C18H23N5O3. The van der Waals surface area contributed by atoms with Crippen molar-refractivity contribution in [2.45, 2.75) is 38.5 Å². The van der Waals surface area contributed by atoms with Gasteiger partial charge in [0.15, 0.2) is 11.9 Å². The minimum Gasteiger partial charge on any atom is -0.387 e. The molecule has 0 saturated carbocycles. The van der Waals surface area contributed by atoms with E-state index in [1.54, 1.807) is 0 Å². The maximum absolute atomic E-state index is 12.6. The zero-order valence-electron chi connectivity index (χ0n) is 15.4. The van der Waals surface area contributed by atoms with Crippen LogP contribution < -0.4 is 5.32 Å². The molecule has 1 amide bonds. The minimum absolute atomic E-state index is 0.239. The molecule has 138 valence electrons. The fourth-order valence-corrected chi connectivity index (χ4v) is 2.61. The average molecular weight is 357 g/mol. The monoisotopic (exact) mass is 357 g/mol. The molecule has 8 heteroatoms. The Morgan fingerprint density at radius 2 is 2.04 bits per heavy atom. The third-order valence-electron chi connectivity index (χ3n) is 4.01. The van der Waals surface area contributed by atoms with Gasteiger partial charge in [0.1, 0.15) is 5.71 Å². The molecule has 8 nitrogen and oxygen atoms in total. The number of hydrogen-bond donors (Lipinski definition) is 1. The molecule has 1 atom stereocenters. The summed E-state index contributed by atoms with van der Waals surface area (Å²) < 4.78 is 5.23. The number of oxime groups is 1. The SMILES string of the molecule is CN(C)Cc1nc(C(C)(C)NC(=O)C2=NOC(c3ccccc3)C2)no1. The van der Waals surface area contributed by atoms with E-state index in [9.17, 15) is 4.79 Å². The van der Waals surface area contributed by atoms with Gasteiger partial charge in [0.2, 0.25) is 5.89 Å². The predicted molar refractivity (Wildman–Crippen MR) is 95.2 cm³/mol. The molecular weight excluding hydrogens is 334 g/mol. The number of rotatable bonds is 6. The molecule has 1 aromatic heterocycles. The third-order valence-corrected chi connectivity index (χ3v) is 4.01. The van der Waals surface area contributed by atoms with Gasteiger partial charge in [-0.05, 0) is 33.5 Å². The molecule has 26 heavy (non-hydrogen) atoms. The molecule has 1 aliphatic heterocycles. The molecule has 1 aliphatic rings. The van der Waals surface area contributed by atoms with Crippen LogP contribution >= 0.6 is 0 Å². The maximum Gasteiger partial charge on any atom is 0.270 e. The van der Waals surface area contributed by atoms with Crippen LogP contribution in [-0.2, 0) is 21.7 Å². The molecule has 3 rings (SSSR count). The molecule has 1 N–H and O–H groups in total. The van der Waals surface area contributed by atoms with Crippen LogP contribution in [0, 0.1) is 0 Å². The molecule has 0 spiro atoms. The first-order chi connectivity index (χ1) is 12.3. The summed E-state index contributed by atoms with van der Waals surface area (Å²) in [5.41, 5.74) is 0.548. The van der Waals surface area contributed by atoms with Gasteiger partial charge in [-0.2, -0.15) is 4.98 Å². The van der Waals surface area contributed by atoms with Gasteiger partial charge < -0.3 is 19.6 Å². The number of hydrogen-bond acceptors (Lipinski definition) is 7. The lowest BCUT2D eigenvalue weighted by molar-refractivity contribution is -0.116. The van der Waals surface area contributed by atoms with Crippen molar-refractivity contribution in [1.82, 2.24) is 20.4 Å². The lowest BCUT2D eigenvalue weighted by atomic mass is 10.0. The smallest absolute Gasteiger partial charge is 0.270 e. The van der Waals surface area contributed by atoms with Gasteiger partial charge in [0.05, 0.1) is 12.1 Å². The van der Waals surface area contributed by atoms with Crippen molar-refractivity contribution in [3.8, 4) is 0 Å². The Kier molecular flexibility index (Phi) is 5.03. The van der Waals surface area contributed by atoms with Gasteiger partial charge in [-0.15, -0.1) is 0 Å². The number of benzene rings is 1. The second kappa shape index (κ2) is 7.25. The van der Waals surface area contributed by atoms with Crippen molar-refractivity contribution < 1.29 is 14.2 Å². The van der Waals surface area contributed by atoms with Gasteiger partial charge in [0, 0.05) is 6.42 Å². The van der Waals surface area contributed by atoms with Crippen molar-refractivity contribution in [1.29, 1.82) is 0 Å². The van der Waals surface area contributed by atoms with Gasteiger partial charge in [-0.25, -0.2) is 0 Å². The van der Waals surface area contributed by atoms with E-state index < -0.39 is 5.54 Å². The summed E-state index contributed by atoms with van der Waals surface area (Å²) in [6, 6.07) is 9.71. The number of nitrogens with zero attached hydrogens (tertiary/aromatic N) is 4. The first-order valence-corrected chi connectivity index (χ1v) is 8.43. The van der Waals surface area contributed by atoms with Crippen LogP contribution in [0.25, 0.3) is 0 Å². The van der Waals surface area contributed by atoms with Crippen LogP contribution in [0.1, 0.15) is 43.7 Å². The molecule has 0 saturated heterocycles. The van der Waals surface area contributed by atoms with Gasteiger partial charge in [-0.1, -0.05) is 40.6 Å². The van der Waals surface area contributed by atoms with E-state index in [1.165, 1.54) is 0 Å². The Balaban J connectivity index is 1.63. The van der Waals surface area contributed by atoms with Crippen LogP contribution in [0.5, 0.6) is 0 Å². The number of amides is 1. The summed E-state index contributed by atoms with van der Waals surface area (Å²) in [6.07, 6.45) is 0.182. The first-order valence-electron chi connectivity index (χ1n) is 8.43. The third kappa shape index (κ3) is 4.08. The standard InChI is InChI=1S/C18H23N5O3/c1-18(2,17-19-15(26-22-17)11-23(3)4)20-16(24)13-10-14(25-21-13)12-8-6-5-7-9-12/h5-9,14H,10-11H2,1-4H3,(H,20,24). The maximum atomic E-state index is 12.6. The average Bonchev–Trinajstić information content (AvgIpc) is 3.24. The zero-order valence-corrected chi connectivity index (χ0v) is 15.4. The van der Waals surface area contributed by atoms with E-state index in [0.29, 0.717) is 30.4 Å². The Bertz CT molecular complexity index is 798. The molecule has 0 fully saturated rings. The molecule has 2 aromatic rings. The molecule has 0 aliphatic carbocycles. The minimum atomic E-state index is -0.793. The molecule has 0 bridgehead atoms. The van der Waals surface area contributed by atoms with Crippen LogP contribution in [0.2, 0.25) is 0 Å². The predicted octanol–water partition coefficient (Wildman–Crippen LogP) is 2.00. The van der Waals surface area contributed by atoms with Gasteiger partial charge >= 0.3 is 0 Å². The van der Waals surface area contributed by atoms with Crippen LogP contribution in [0.4, 0.5) is 0 Å². The number of aromatic nitrogens is 2. The largest absolute Gasteiger partial charge is 0.387 e. The van der Waals surface area contributed by atoms with E-state index >= 15 is 0 Å². The lowest BCUT2D eigenvalue weighted by Gasteiger charge is -2.22. The van der Waals surface area contributed by atoms with E-state index in [2.05, 4.69) is 20.6 Å². The lowest BCUT2D eigenvalue weighted by Crippen LogP contribution is -2.44. The second-order valence-corrected chi connectivity index (χ2v) is 7.08. The Labute approximate surface area is 152 Å². The zero-order chi connectivity index (χ0) is 18.7. The fraction of sp³-hybridized carbons (Fsp3) is 0.444. The van der Waals surface area contributed by atoms with E-state index in [4.69, 9.17) is 9.36 Å². The molecule has 1 aromatic carbocycles. The van der Waals surface area contributed by atoms with Gasteiger partial charge in [0.25, 0.3) is 5.91 Å². The summed E-state index contributed by atoms with van der Waals surface area (Å²) in [4.78, 5) is 24.3. The summed E-state index contributed by atoms with van der Waals surface area (Å²) in [5, 5.41) is 10.8. The fourth-order valence-electron chi connectivity index (χ4n) is 2.61. The summed E-state index contributed by atoms with van der Waals surface area (Å²) in [5.74, 6) is 0.618. The highest BCUT2D eigenvalue weighted by atomic mass is 16.6. The van der Waals surface area contributed by atoms with E-state index in [1.807, 2.05) is 63.2 Å². The van der Waals surface area contributed by atoms with Crippen LogP contribution in [0.15, 0.2) is 40.0 Å². The van der Waals surface area contributed by atoms with Crippen LogP contribution in [-0.4, -0.2) is 40.8 Å². The topological polar surface area (TPSA) is 92.9 Å². The highest BCUT2D eigenvalue weighted by molar-refractivity contribution is 6.39. The van der Waals surface area contributed by atoms with Crippen LogP contribution in [0.3, 0.4) is 0 Å². The van der Waals surface area contributed by atoms with Crippen molar-refractivity contribution in [3.63, 3.8) is 0 Å². The van der Waals surface area contributed by atoms with E-state index in [-0.39, 0.29) is 12.0 Å². The van der Waals surface area contributed by atoms with Crippen molar-refractivity contribution in [3.05, 3.63) is 47.6 Å². The molecule has 0 radical (unpaired) electrons. The first kappa shape index (κ1) is 18.1. The van der Waals surface area contributed by atoms with Gasteiger partial charge in [-0.3, -0.25) is 4.79 Å². The summed E-state index contributed by atoms with van der Waals surface area (Å²) in [6.45, 7) is 4.18. The number of carbonyl (C=O) groups is 1. The quantitative estimate of drug-likeness (QED) is 0.850. The summed E-state index contributed by atoms with van der Waals surface area (Å²) in [7, 11) is 3.83. The Hall–Kier alpha value is -2.74. The van der Waals surface area contributed by atoms with Crippen molar-refractivity contribution in [2.24, 2.45) is 5.16 Å². The number of nitrogens with one attached hydrogen (secondary N) is 1. The molecule has 1 unspecified atom stereocenters. The summed E-state index contributed by atoms with van der Waals surface area (Å²) >= 11 is 0. The molecule has 2 heterocycles. The van der Waals surface area contributed by atoms with Crippen molar-refractivity contribution >= 4 is 11.6 Å². The highest BCUT2D eigenvalue weighted by Crippen LogP contribution is 2.27. The Morgan fingerprint density at radius 3 is 2.73 bits per heavy atom.